The zero-order valence-corrected chi connectivity index (χ0v) is 15.9. The lowest BCUT2D eigenvalue weighted by molar-refractivity contribution is -0.274. The average molecular weight is 388 g/mol. The first kappa shape index (κ1) is 21.3. The molecule has 1 saturated heterocycles. The number of benzene rings is 1. The van der Waals surface area contributed by atoms with Crippen LogP contribution in [0.15, 0.2) is 24.3 Å². The van der Waals surface area contributed by atoms with Gasteiger partial charge in [0.1, 0.15) is 11.4 Å². The maximum Gasteiger partial charge on any atom is 0.573 e. The quantitative estimate of drug-likeness (QED) is 0.795. The Morgan fingerprint density at radius 1 is 1.22 bits per heavy atom. The van der Waals surface area contributed by atoms with E-state index in [1.807, 2.05) is 0 Å². The van der Waals surface area contributed by atoms with Gasteiger partial charge in [-0.15, -0.1) is 13.2 Å². The van der Waals surface area contributed by atoms with Crippen molar-refractivity contribution in [3.8, 4) is 5.75 Å². The smallest absolute Gasteiger partial charge is 0.444 e. The largest absolute Gasteiger partial charge is 0.573 e. The van der Waals surface area contributed by atoms with Gasteiger partial charge in [0.15, 0.2) is 0 Å². The van der Waals surface area contributed by atoms with E-state index >= 15 is 0 Å². The molecular formula is C19H27F3N2O3. The van der Waals surface area contributed by atoms with Crippen molar-refractivity contribution in [2.24, 2.45) is 5.92 Å². The Kier molecular flexibility index (Phi) is 6.97. The molecule has 1 aromatic rings. The van der Waals surface area contributed by atoms with E-state index in [9.17, 15) is 18.0 Å². The first-order chi connectivity index (χ1) is 12.5. The Morgan fingerprint density at radius 2 is 1.96 bits per heavy atom. The third-order valence-corrected chi connectivity index (χ3v) is 4.21. The van der Waals surface area contributed by atoms with E-state index in [0.29, 0.717) is 5.56 Å². The maximum atomic E-state index is 12.6. The Morgan fingerprint density at radius 3 is 2.63 bits per heavy atom. The van der Waals surface area contributed by atoms with Crippen LogP contribution in [0, 0.1) is 5.92 Å². The summed E-state index contributed by atoms with van der Waals surface area (Å²) in [5.41, 5.74) is -0.101. The molecule has 1 amide bonds. The van der Waals surface area contributed by atoms with E-state index in [0.717, 1.165) is 32.4 Å². The second-order valence-electron chi connectivity index (χ2n) is 7.69. The molecule has 0 aliphatic carbocycles. The minimum atomic E-state index is -4.76. The summed E-state index contributed by atoms with van der Waals surface area (Å²) in [6, 6.07) is 5.31. The summed E-state index contributed by atoms with van der Waals surface area (Å²) in [6.45, 7) is 6.95. The molecule has 2 rings (SSSR count). The average Bonchev–Trinajstić information content (AvgIpc) is 2.78. The molecule has 1 aliphatic rings. The topological polar surface area (TPSA) is 59.6 Å². The second-order valence-corrected chi connectivity index (χ2v) is 7.69. The molecule has 0 aromatic heterocycles. The van der Waals surface area contributed by atoms with Crippen molar-refractivity contribution in [3.05, 3.63) is 29.8 Å². The number of amides is 1. The van der Waals surface area contributed by atoms with E-state index in [2.05, 4.69) is 15.4 Å². The van der Waals surface area contributed by atoms with Crippen molar-refractivity contribution >= 4 is 6.09 Å². The van der Waals surface area contributed by atoms with Crippen molar-refractivity contribution in [3.63, 3.8) is 0 Å². The number of ether oxygens (including phenoxy) is 2. The predicted octanol–water partition coefficient (Wildman–Crippen LogP) is 4.54. The van der Waals surface area contributed by atoms with Crippen LogP contribution in [-0.4, -0.2) is 31.1 Å². The number of carbonyl (C=O) groups is 1. The Hall–Kier alpha value is -1.96. The van der Waals surface area contributed by atoms with Gasteiger partial charge in [0.05, 0.1) is 6.04 Å². The standard InChI is InChI=1S/C19H27F3N2O3/c1-18(2,3)27-17(25)24-16(13-7-5-10-23-11-9-13)14-6-4-8-15(12-14)26-19(20,21)22/h4,6,8,12-13,16,23H,5,7,9-11H2,1-3H3,(H,24,25). The maximum absolute atomic E-state index is 12.6. The molecule has 27 heavy (non-hydrogen) atoms. The molecule has 2 atom stereocenters. The second kappa shape index (κ2) is 8.82. The molecule has 5 nitrogen and oxygen atoms in total. The van der Waals surface area contributed by atoms with Crippen LogP contribution in [0.2, 0.25) is 0 Å². The normalized spacial score (nSPS) is 19.7. The first-order valence-corrected chi connectivity index (χ1v) is 9.09. The summed E-state index contributed by atoms with van der Waals surface area (Å²) in [5.74, 6) is -0.226. The zero-order valence-electron chi connectivity index (χ0n) is 15.9. The van der Waals surface area contributed by atoms with Crippen LogP contribution >= 0.6 is 0 Å². The fourth-order valence-electron chi connectivity index (χ4n) is 3.19. The molecule has 0 bridgehead atoms. The molecule has 0 spiro atoms. The molecule has 2 unspecified atom stereocenters. The SMILES string of the molecule is CC(C)(C)OC(=O)NC(c1cccc(OC(F)(F)F)c1)C1CCCNCC1. The van der Waals surface area contributed by atoms with Gasteiger partial charge in [0.25, 0.3) is 0 Å². The number of rotatable bonds is 4. The number of hydrogen-bond acceptors (Lipinski definition) is 4. The number of alkyl carbamates (subject to hydrolysis) is 1. The number of alkyl halides is 3. The number of carbonyl (C=O) groups excluding carboxylic acids is 1. The molecule has 1 aromatic carbocycles. The van der Waals surface area contributed by atoms with Crippen LogP contribution in [0.3, 0.4) is 0 Å². The Bertz CT molecular complexity index is 621. The van der Waals surface area contributed by atoms with Crippen molar-refractivity contribution < 1.29 is 27.4 Å². The van der Waals surface area contributed by atoms with Crippen molar-refractivity contribution in [2.45, 2.75) is 58.0 Å². The van der Waals surface area contributed by atoms with E-state index < -0.39 is 24.1 Å². The van der Waals surface area contributed by atoms with Crippen LogP contribution in [0.4, 0.5) is 18.0 Å². The highest BCUT2D eigenvalue weighted by atomic mass is 19.4. The van der Waals surface area contributed by atoms with E-state index in [4.69, 9.17) is 4.74 Å². The van der Waals surface area contributed by atoms with Gasteiger partial charge in [-0.25, -0.2) is 4.79 Å². The summed E-state index contributed by atoms with van der Waals surface area (Å²) >= 11 is 0. The van der Waals surface area contributed by atoms with Gasteiger partial charge in [-0.1, -0.05) is 12.1 Å². The molecule has 0 saturated carbocycles. The minimum Gasteiger partial charge on any atom is -0.444 e. The summed E-state index contributed by atoms with van der Waals surface area (Å²) in [4.78, 5) is 12.3. The highest BCUT2D eigenvalue weighted by molar-refractivity contribution is 5.68. The molecule has 2 N–H and O–H groups in total. The van der Waals surface area contributed by atoms with E-state index in [1.54, 1.807) is 26.8 Å². The van der Waals surface area contributed by atoms with E-state index in [1.165, 1.54) is 18.2 Å². The van der Waals surface area contributed by atoms with Gasteiger partial charge in [-0.3, -0.25) is 0 Å². The Balaban J connectivity index is 2.25. The van der Waals surface area contributed by atoms with Crippen LogP contribution < -0.4 is 15.4 Å². The number of hydrogen-bond donors (Lipinski definition) is 2. The molecule has 1 fully saturated rings. The van der Waals surface area contributed by atoms with Crippen LogP contribution in [0.1, 0.15) is 51.6 Å². The van der Waals surface area contributed by atoms with Gasteiger partial charge in [-0.2, -0.15) is 0 Å². The van der Waals surface area contributed by atoms with Gasteiger partial charge >= 0.3 is 12.5 Å². The zero-order chi connectivity index (χ0) is 20.1. The fourth-order valence-corrected chi connectivity index (χ4v) is 3.19. The molecule has 152 valence electrons. The lowest BCUT2D eigenvalue weighted by Crippen LogP contribution is -2.38. The van der Waals surface area contributed by atoms with Gasteiger partial charge in [0, 0.05) is 0 Å². The fraction of sp³-hybridized carbons (Fsp3) is 0.632. The summed E-state index contributed by atoms with van der Waals surface area (Å²) in [6.07, 6.45) is -2.79. The highest BCUT2D eigenvalue weighted by Gasteiger charge is 2.32. The summed E-state index contributed by atoms with van der Waals surface area (Å²) < 4.78 is 47.1. The first-order valence-electron chi connectivity index (χ1n) is 9.09. The number of halogens is 3. The third kappa shape index (κ3) is 7.66. The van der Waals surface area contributed by atoms with Gasteiger partial charge in [0.2, 0.25) is 0 Å². The molecule has 0 radical (unpaired) electrons. The van der Waals surface area contributed by atoms with E-state index in [-0.39, 0.29) is 11.7 Å². The molecule has 1 aliphatic heterocycles. The molecular weight excluding hydrogens is 361 g/mol. The van der Waals surface area contributed by atoms with Crippen molar-refractivity contribution in [2.75, 3.05) is 13.1 Å². The van der Waals surface area contributed by atoms with Crippen molar-refractivity contribution in [1.82, 2.24) is 10.6 Å². The third-order valence-electron chi connectivity index (χ3n) is 4.21. The monoisotopic (exact) mass is 388 g/mol. The van der Waals surface area contributed by atoms with Gasteiger partial charge < -0.3 is 20.1 Å². The highest BCUT2D eigenvalue weighted by Crippen LogP contribution is 2.33. The molecule has 1 heterocycles. The number of nitrogens with one attached hydrogen (secondary N) is 2. The lowest BCUT2D eigenvalue weighted by atomic mass is 9.87. The Labute approximate surface area is 157 Å². The van der Waals surface area contributed by atoms with Crippen LogP contribution in [-0.2, 0) is 4.74 Å². The summed E-state index contributed by atoms with van der Waals surface area (Å²) in [7, 11) is 0. The summed E-state index contributed by atoms with van der Waals surface area (Å²) in [5, 5.41) is 6.15. The lowest BCUT2D eigenvalue weighted by Gasteiger charge is -2.29. The van der Waals surface area contributed by atoms with Crippen LogP contribution in [0.5, 0.6) is 5.75 Å². The minimum absolute atomic E-state index is 0.0775. The van der Waals surface area contributed by atoms with Crippen LogP contribution in [0.25, 0.3) is 0 Å². The molecule has 8 heteroatoms. The van der Waals surface area contributed by atoms with Crippen molar-refractivity contribution in [1.29, 1.82) is 0 Å². The van der Waals surface area contributed by atoms with Gasteiger partial charge in [-0.05, 0) is 76.7 Å². The predicted molar refractivity (Wildman–Crippen MR) is 95.4 cm³/mol.